The average molecular weight is 630 g/mol. The summed E-state index contributed by atoms with van der Waals surface area (Å²) in [5.74, 6) is 1.91. The normalized spacial score (nSPS) is 17.8. The minimum Gasteiger partial charge on any atom is -0.497 e. The number of aryl methyl sites for hydroxylation is 1. The van der Waals surface area contributed by atoms with Crippen LogP contribution >= 0.6 is 22.6 Å². The number of urea groups is 1. The number of imidazole rings is 1. The van der Waals surface area contributed by atoms with E-state index in [0.29, 0.717) is 30.4 Å². The van der Waals surface area contributed by atoms with Crippen LogP contribution in [0.2, 0.25) is 0 Å². The van der Waals surface area contributed by atoms with Crippen LogP contribution in [0.25, 0.3) is 0 Å². The molecule has 1 saturated heterocycles. The Morgan fingerprint density at radius 3 is 2.28 bits per heavy atom. The first-order valence-electron chi connectivity index (χ1n) is 12.6. The standard InChI is InChI=1S/C30H27IN6O2/c1-20-3-5-22(6-4-20)16-36-19-34-26-27(36)32-18-33-28-30(26,24-11-13-25(39-2)14-12-24)35-29(38)37(28)17-23-9-7-21(15-31)8-10-23/h3-14,18-19H,15-17H2,1-2H3,(H,35,38). The Hall–Kier alpha value is -3.99. The lowest BCUT2D eigenvalue weighted by Crippen LogP contribution is -2.45. The van der Waals surface area contributed by atoms with E-state index in [4.69, 9.17) is 19.7 Å². The number of carbonyl (C=O) groups is 1. The molecule has 1 N–H and O–H groups in total. The van der Waals surface area contributed by atoms with Crippen LogP contribution in [0.15, 0.2) is 89.1 Å². The van der Waals surface area contributed by atoms with Gasteiger partial charge in [-0.1, -0.05) is 88.8 Å². The second-order valence-electron chi connectivity index (χ2n) is 9.67. The molecule has 0 radical (unpaired) electrons. The molecule has 4 aromatic rings. The molecule has 2 aliphatic rings. The Labute approximate surface area is 240 Å². The van der Waals surface area contributed by atoms with E-state index in [2.05, 4.69) is 83.4 Å². The number of carbonyl (C=O) groups excluding carboxylic acids is 1. The minimum atomic E-state index is -1.12. The molecule has 3 heterocycles. The van der Waals surface area contributed by atoms with Gasteiger partial charge >= 0.3 is 6.03 Å². The van der Waals surface area contributed by atoms with Gasteiger partial charge in [0, 0.05) is 4.43 Å². The lowest BCUT2D eigenvalue weighted by molar-refractivity contribution is 0.225. The molecule has 2 amide bonds. The third-order valence-electron chi connectivity index (χ3n) is 7.17. The van der Waals surface area contributed by atoms with Crippen molar-refractivity contribution in [2.45, 2.75) is 30.0 Å². The summed E-state index contributed by atoms with van der Waals surface area (Å²) in [5, 5.41) is 3.26. The van der Waals surface area contributed by atoms with Gasteiger partial charge in [0.1, 0.15) is 17.8 Å². The van der Waals surface area contributed by atoms with Crippen LogP contribution in [0, 0.1) is 6.92 Å². The molecule has 39 heavy (non-hydrogen) atoms. The molecule has 2 aliphatic heterocycles. The predicted octanol–water partition coefficient (Wildman–Crippen LogP) is 5.72. The monoisotopic (exact) mass is 630 g/mol. The number of alkyl halides is 1. The highest BCUT2D eigenvalue weighted by Gasteiger charge is 2.55. The number of hydrogen-bond acceptors (Lipinski definition) is 5. The second kappa shape index (κ2) is 10.3. The average Bonchev–Trinajstić information content (AvgIpc) is 3.43. The summed E-state index contributed by atoms with van der Waals surface area (Å²) < 4.78 is 8.33. The summed E-state index contributed by atoms with van der Waals surface area (Å²) in [6.45, 7) is 3.04. The first-order valence-corrected chi connectivity index (χ1v) is 14.1. The van der Waals surface area contributed by atoms with E-state index in [-0.39, 0.29) is 6.03 Å². The van der Waals surface area contributed by atoms with E-state index < -0.39 is 5.54 Å². The van der Waals surface area contributed by atoms with Gasteiger partial charge in [-0.05, 0) is 41.3 Å². The number of nitrogens with one attached hydrogen (secondary N) is 1. The number of amidine groups is 1. The largest absolute Gasteiger partial charge is 0.497 e. The maximum absolute atomic E-state index is 13.7. The molecule has 1 unspecified atom stereocenters. The van der Waals surface area contributed by atoms with Crippen LogP contribution in [-0.2, 0) is 23.1 Å². The zero-order chi connectivity index (χ0) is 27.0. The molecular formula is C30H27IN6O2. The van der Waals surface area contributed by atoms with Gasteiger partial charge in [0.05, 0.1) is 26.5 Å². The van der Waals surface area contributed by atoms with Crippen molar-refractivity contribution in [3.8, 4) is 5.75 Å². The number of benzene rings is 3. The minimum absolute atomic E-state index is 0.239. The van der Waals surface area contributed by atoms with E-state index in [1.54, 1.807) is 18.3 Å². The van der Waals surface area contributed by atoms with Crippen molar-refractivity contribution in [3.63, 3.8) is 0 Å². The fraction of sp³-hybridized carbons (Fsp3) is 0.200. The van der Waals surface area contributed by atoms with Gasteiger partial charge in [0.2, 0.25) is 0 Å². The number of rotatable bonds is 7. The lowest BCUT2D eigenvalue weighted by Gasteiger charge is -2.28. The smallest absolute Gasteiger partial charge is 0.324 e. The van der Waals surface area contributed by atoms with Crippen LogP contribution in [0.4, 0.5) is 10.6 Å². The van der Waals surface area contributed by atoms with Crippen molar-refractivity contribution in [3.05, 3.63) is 113 Å². The molecule has 0 saturated carbocycles. The maximum Gasteiger partial charge on any atom is 0.324 e. The molecule has 1 fully saturated rings. The number of aliphatic imine (C=N–C) groups is 2. The molecule has 8 nitrogen and oxygen atoms in total. The highest BCUT2D eigenvalue weighted by atomic mass is 127. The third-order valence-corrected chi connectivity index (χ3v) is 8.05. The lowest BCUT2D eigenvalue weighted by atomic mass is 9.85. The van der Waals surface area contributed by atoms with Gasteiger partial charge in [-0.3, -0.25) is 4.90 Å². The van der Waals surface area contributed by atoms with Crippen molar-refractivity contribution in [2.75, 3.05) is 7.11 Å². The Kier molecular flexibility index (Phi) is 6.68. The molecule has 0 aliphatic carbocycles. The summed E-state index contributed by atoms with van der Waals surface area (Å²) in [6.07, 6.45) is 3.31. The van der Waals surface area contributed by atoms with Crippen molar-refractivity contribution in [1.29, 1.82) is 0 Å². The van der Waals surface area contributed by atoms with Crippen LogP contribution in [0.3, 0.4) is 0 Å². The first-order chi connectivity index (χ1) is 19.0. The zero-order valence-electron chi connectivity index (χ0n) is 21.6. The number of nitrogens with zero attached hydrogens (tertiary/aromatic N) is 5. The molecule has 196 valence electrons. The fourth-order valence-corrected chi connectivity index (χ4v) is 5.58. The second-order valence-corrected chi connectivity index (χ2v) is 10.4. The zero-order valence-corrected chi connectivity index (χ0v) is 23.8. The van der Waals surface area contributed by atoms with Gasteiger partial charge in [-0.25, -0.2) is 19.8 Å². The SMILES string of the molecule is COc1ccc(C23NC(=O)N(Cc4ccc(CI)cc4)C2=NC=Nc2c3ncn2Cc2ccc(C)cc2)cc1. The summed E-state index contributed by atoms with van der Waals surface area (Å²) in [6, 6.07) is 24.1. The molecule has 3 aromatic carbocycles. The van der Waals surface area contributed by atoms with E-state index in [1.807, 2.05) is 28.8 Å². The van der Waals surface area contributed by atoms with Crippen molar-refractivity contribution in [1.82, 2.24) is 19.8 Å². The summed E-state index contributed by atoms with van der Waals surface area (Å²) >= 11 is 2.34. The number of aromatic nitrogens is 2. The Morgan fingerprint density at radius 1 is 0.923 bits per heavy atom. The Balaban J connectivity index is 1.45. The van der Waals surface area contributed by atoms with Gasteiger partial charge in [0.25, 0.3) is 0 Å². The van der Waals surface area contributed by atoms with Crippen LogP contribution in [-0.4, -0.2) is 39.8 Å². The summed E-state index contributed by atoms with van der Waals surface area (Å²) in [5.41, 5.74) is 4.92. The first kappa shape index (κ1) is 25.3. The molecule has 1 atom stereocenters. The van der Waals surface area contributed by atoms with Gasteiger partial charge in [-0.15, -0.1) is 0 Å². The van der Waals surface area contributed by atoms with Gasteiger partial charge in [0.15, 0.2) is 17.2 Å². The molecule has 0 spiro atoms. The van der Waals surface area contributed by atoms with Gasteiger partial charge < -0.3 is 14.6 Å². The van der Waals surface area contributed by atoms with Crippen LogP contribution in [0.1, 0.15) is 33.5 Å². The Bertz CT molecular complexity index is 1580. The summed E-state index contributed by atoms with van der Waals surface area (Å²) in [7, 11) is 1.63. The molecular weight excluding hydrogens is 603 g/mol. The summed E-state index contributed by atoms with van der Waals surface area (Å²) in [4.78, 5) is 29.7. The highest BCUT2D eigenvalue weighted by molar-refractivity contribution is 14.1. The molecule has 0 bridgehead atoms. The van der Waals surface area contributed by atoms with E-state index in [9.17, 15) is 4.79 Å². The number of hydrogen-bond donors (Lipinski definition) is 1. The quantitative estimate of drug-likeness (QED) is 0.209. The fourth-order valence-electron chi connectivity index (χ4n) is 5.08. The molecule has 1 aromatic heterocycles. The van der Waals surface area contributed by atoms with Crippen LogP contribution in [0.5, 0.6) is 5.75 Å². The number of fused-ring (bicyclic) bond motifs is 3. The van der Waals surface area contributed by atoms with Crippen molar-refractivity contribution >= 4 is 46.6 Å². The number of amides is 2. The topological polar surface area (TPSA) is 84.1 Å². The maximum atomic E-state index is 13.7. The van der Waals surface area contributed by atoms with E-state index in [0.717, 1.165) is 26.9 Å². The van der Waals surface area contributed by atoms with Crippen molar-refractivity contribution < 1.29 is 9.53 Å². The number of halogens is 1. The van der Waals surface area contributed by atoms with Crippen LogP contribution < -0.4 is 10.1 Å². The number of ether oxygens (including phenoxy) is 1. The van der Waals surface area contributed by atoms with E-state index in [1.165, 1.54) is 17.5 Å². The van der Waals surface area contributed by atoms with Crippen molar-refractivity contribution in [2.24, 2.45) is 9.98 Å². The predicted molar refractivity (Wildman–Crippen MR) is 160 cm³/mol. The van der Waals surface area contributed by atoms with Gasteiger partial charge in [-0.2, -0.15) is 0 Å². The molecule has 9 heteroatoms. The Morgan fingerprint density at radius 2 is 1.59 bits per heavy atom. The third kappa shape index (κ3) is 4.50. The number of methoxy groups -OCH3 is 1. The molecule has 6 rings (SSSR count). The highest BCUT2D eigenvalue weighted by Crippen LogP contribution is 2.42. The van der Waals surface area contributed by atoms with E-state index >= 15 is 0 Å².